The summed E-state index contributed by atoms with van der Waals surface area (Å²) in [7, 11) is 1.66. The van der Waals surface area contributed by atoms with Crippen molar-refractivity contribution in [2.45, 2.75) is 33.2 Å². The maximum Gasteiger partial charge on any atom is 0.338 e. The highest BCUT2D eigenvalue weighted by Crippen LogP contribution is 2.34. The molecule has 0 spiro atoms. The molecule has 1 atom stereocenters. The largest absolute Gasteiger partial charge is 0.463 e. The minimum Gasteiger partial charge on any atom is -0.463 e. The first kappa shape index (κ1) is 28.2. The summed E-state index contributed by atoms with van der Waals surface area (Å²) >= 11 is 0. The zero-order chi connectivity index (χ0) is 27.9. The maximum absolute atomic E-state index is 13.3. The number of piperazine rings is 1. The van der Waals surface area contributed by atoms with Crippen molar-refractivity contribution in [2.24, 2.45) is 5.92 Å². The second kappa shape index (κ2) is 12.8. The van der Waals surface area contributed by atoms with E-state index in [9.17, 15) is 14.4 Å². The van der Waals surface area contributed by atoms with Gasteiger partial charge in [0.2, 0.25) is 5.91 Å². The van der Waals surface area contributed by atoms with Crippen LogP contribution in [-0.2, 0) is 14.3 Å². The van der Waals surface area contributed by atoms with Gasteiger partial charge < -0.3 is 19.7 Å². The Kier molecular flexibility index (Phi) is 9.24. The predicted molar refractivity (Wildman–Crippen MR) is 148 cm³/mol. The van der Waals surface area contributed by atoms with Crippen LogP contribution in [0.3, 0.4) is 0 Å². The molecule has 0 bridgehead atoms. The number of nitrogens with zero attached hydrogens (tertiary/aromatic N) is 3. The van der Waals surface area contributed by atoms with Gasteiger partial charge in [0.15, 0.2) is 0 Å². The highest BCUT2D eigenvalue weighted by Gasteiger charge is 2.38. The van der Waals surface area contributed by atoms with E-state index in [0.717, 1.165) is 5.56 Å². The average molecular weight is 535 g/mol. The van der Waals surface area contributed by atoms with Gasteiger partial charge in [0.1, 0.15) is 11.5 Å². The summed E-state index contributed by atoms with van der Waals surface area (Å²) in [6.07, 6.45) is 0.537. The van der Waals surface area contributed by atoms with Gasteiger partial charge >= 0.3 is 12.0 Å². The third-order valence-corrected chi connectivity index (χ3v) is 6.92. The lowest BCUT2D eigenvalue weighted by Crippen LogP contribution is -2.53. The monoisotopic (exact) mass is 534 g/mol. The Balaban J connectivity index is 1.60. The minimum absolute atomic E-state index is 0.169. The van der Waals surface area contributed by atoms with Gasteiger partial charge in [-0.3, -0.25) is 14.6 Å². The van der Waals surface area contributed by atoms with Crippen molar-refractivity contribution in [3.05, 3.63) is 71.4 Å². The molecule has 208 valence electrons. The molecule has 0 aromatic heterocycles. The number of carbonyl (C=O) groups excluding carboxylic acids is 3. The van der Waals surface area contributed by atoms with E-state index in [0.29, 0.717) is 67.8 Å². The summed E-state index contributed by atoms with van der Waals surface area (Å²) in [5.41, 5.74) is 1.71. The number of benzene rings is 2. The zero-order valence-electron chi connectivity index (χ0n) is 23.2. The van der Waals surface area contributed by atoms with Gasteiger partial charge in [0.05, 0.1) is 18.2 Å². The molecule has 2 heterocycles. The first-order chi connectivity index (χ1) is 18.8. The van der Waals surface area contributed by atoms with Gasteiger partial charge in [-0.15, -0.1) is 0 Å². The van der Waals surface area contributed by atoms with Crippen LogP contribution in [0.15, 0.2) is 65.9 Å². The molecule has 2 aromatic carbocycles. The summed E-state index contributed by atoms with van der Waals surface area (Å²) in [4.78, 5) is 44.5. The van der Waals surface area contributed by atoms with Crippen molar-refractivity contribution in [3.8, 4) is 11.5 Å². The van der Waals surface area contributed by atoms with Crippen LogP contribution in [-0.4, -0.2) is 79.0 Å². The van der Waals surface area contributed by atoms with Crippen LogP contribution in [0.2, 0.25) is 0 Å². The second-order valence-electron chi connectivity index (χ2n) is 10.3. The molecule has 3 amide bonds. The minimum atomic E-state index is -0.698. The van der Waals surface area contributed by atoms with Crippen molar-refractivity contribution < 1.29 is 23.9 Å². The fourth-order valence-electron chi connectivity index (χ4n) is 4.88. The fourth-order valence-corrected chi connectivity index (χ4v) is 4.88. The Labute approximate surface area is 230 Å². The number of urea groups is 1. The number of esters is 1. The Morgan fingerprint density at radius 3 is 2.36 bits per heavy atom. The first-order valence-corrected chi connectivity index (χ1v) is 13.5. The van der Waals surface area contributed by atoms with Gasteiger partial charge in [-0.1, -0.05) is 44.2 Å². The number of hydrogen-bond donors (Lipinski definition) is 1. The van der Waals surface area contributed by atoms with Crippen molar-refractivity contribution in [2.75, 3.05) is 46.4 Å². The lowest BCUT2D eigenvalue weighted by atomic mass is 9.94. The maximum atomic E-state index is 13.3. The molecule has 1 N–H and O–H groups in total. The molecule has 0 radical (unpaired) electrons. The van der Waals surface area contributed by atoms with Crippen molar-refractivity contribution in [1.82, 2.24) is 20.0 Å². The molecule has 0 aliphatic carbocycles. The van der Waals surface area contributed by atoms with Crippen LogP contribution in [0.1, 0.15) is 38.8 Å². The average Bonchev–Trinajstić information content (AvgIpc) is 2.92. The predicted octanol–water partition coefficient (Wildman–Crippen LogP) is 4.18. The molecule has 0 unspecified atom stereocenters. The molecule has 39 heavy (non-hydrogen) atoms. The Morgan fingerprint density at radius 1 is 1.00 bits per heavy atom. The number of likely N-dealkylation sites (N-methyl/N-ethyl adjacent to an activating group) is 1. The lowest BCUT2D eigenvalue weighted by molar-refractivity contribution is -0.139. The van der Waals surface area contributed by atoms with Gasteiger partial charge in [-0.25, -0.2) is 9.59 Å². The SMILES string of the molecule is CCOC(=O)C1=C(CN2CCN(C(=O)CC(C)C)CC2)N(C)C(=O)N[C@H]1c1cccc(Oc2ccccc2)c1. The van der Waals surface area contributed by atoms with E-state index in [4.69, 9.17) is 9.47 Å². The van der Waals surface area contributed by atoms with Crippen molar-refractivity contribution >= 4 is 17.9 Å². The van der Waals surface area contributed by atoms with E-state index in [1.165, 1.54) is 4.90 Å². The van der Waals surface area contributed by atoms with Crippen LogP contribution in [0, 0.1) is 5.92 Å². The van der Waals surface area contributed by atoms with Gasteiger partial charge in [0.25, 0.3) is 0 Å². The van der Waals surface area contributed by atoms with Crippen molar-refractivity contribution in [1.29, 1.82) is 0 Å². The molecular weight excluding hydrogens is 496 g/mol. The van der Waals surface area contributed by atoms with Crippen LogP contribution in [0.25, 0.3) is 0 Å². The smallest absolute Gasteiger partial charge is 0.338 e. The fraction of sp³-hybridized carbons (Fsp3) is 0.433. The van der Waals surface area contributed by atoms with E-state index in [1.807, 2.05) is 73.3 Å². The summed E-state index contributed by atoms with van der Waals surface area (Å²) in [6, 6.07) is 15.8. The Morgan fingerprint density at radius 2 is 1.69 bits per heavy atom. The number of hydrogen-bond acceptors (Lipinski definition) is 6. The third kappa shape index (κ3) is 6.97. The number of carbonyl (C=O) groups is 3. The quantitative estimate of drug-likeness (QED) is 0.486. The lowest BCUT2D eigenvalue weighted by Gasteiger charge is -2.39. The molecule has 9 nitrogen and oxygen atoms in total. The van der Waals surface area contributed by atoms with Crippen molar-refractivity contribution in [3.63, 3.8) is 0 Å². The van der Waals surface area contributed by atoms with E-state index < -0.39 is 12.0 Å². The van der Waals surface area contributed by atoms with Gasteiger partial charge in [-0.05, 0) is 42.7 Å². The Bertz CT molecular complexity index is 1200. The van der Waals surface area contributed by atoms with Crippen LogP contribution in [0.4, 0.5) is 4.79 Å². The third-order valence-electron chi connectivity index (χ3n) is 6.92. The van der Waals surface area contributed by atoms with Crippen LogP contribution >= 0.6 is 0 Å². The molecule has 1 saturated heterocycles. The Hall–Kier alpha value is -3.85. The van der Waals surface area contributed by atoms with Gasteiger partial charge in [0, 0.05) is 51.9 Å². The standard InChI is InChI=1S/C30H38N4O5/c1-5-38-29(36)27-25(20-33-14-16-34(17-15-33)26(35)18-21(2)3)32(4)30(37)31-28(27)22-10-9-13-24(19-22)39-23-11-7-6-8-12-23/h6-13,19,21,28H,5,14-18,20H2,1-4H3,(H,31,37)/t28-/m0/s1. The summed E-state index contributed by atoms with van der Waals surface area (Å²) < 4.78 is 11.5. The molecule has 2 aromatic rings. The summed E-state index contributed by atoms with van der Waals surface area (Å²) in [5.74, 6) is 1.30. The van der Waals surface area contributed by atoms with E-state index in [-0.39, 0.29) is 18.5 Å². The topological polar surface area (TPSA) is 91.4 Å². The number of para-hydroxylation sites is 1. The molecular formula is C30H38N4O5. The highest BCUT2D eigenvalue weighted by molar-refractivity contribution is 5.95. The van der Waals surface area contributed by atoms with E-state index in [2.05, 4.69) is 10.2 Å². The number of amides is 3. The molecule has 1 fully saturated rings. The summed E-state index contributed by atoms with van der Waals surface area (Å²) in [6.45, 7) is 9.00. The zero-order valence-corrected chi connectivity index (χ0v) is 23.2. The van der Waals surface area contributed by atoms with Crippen LogP contribution in [0.5, 0.6) is 11.5 Å². The molecule has 9 heteroatoms. The molecule has 2 aliphatic heterocycles. The normalized spacial score (nSPS) is 18.3. The number of nitrogens with one attached hydrogen (secondary N) is 1. The molecule has 0 saturated carbocycles. The van der Waals surface area contributed by atoms with Crippen LogP contribution < -0.4 is 10.1 Å². The van der Waals surface area contributed by atoms with E-state index in [1.54, 1.807) is 14.0 Å². The molecule has 4 rings (SSSR count). The molecule has 2 aliphatic rings. The second-order valence-corrected chi connectivity index (χ2v) is 10.3. The van der Waals surface area contributed by atoms with Gasteiger partial charge in [-0.2, -0.15) is 0 Å². The highest BCUT2D eigenvalue weighted by atomic mass is 16.5. The number of rotatable bonds is 9. The summed E-state index contributed by atoms with van der Waals surface area (Å²) in [5, 5.41) is 2.97. The number of ether oxygens (including phenoxy) is 2. The first-order valence-electron chi connectivity index (χ1n) is 13.5. The van der Waals surface area contributed by atoms with E-state index >= 15 is 0 Å².